The van der Waals surface area contributed by atoms with E-state index in [0.29, 0.717) is 5.82 Å². The molecule has 6 nitrogen and oxygen atoms in total. The number of carbonyl (C=O) groups excluding carboxylic acids is 1. The molecule has 2 heterocycles. The molecular formula is C13H17N5O. The van der Waals surface area contributed by atoms with E-state index in [2.05, 4.69) is 20.7 Å². The Hall–Kier alpha value is -2.21. The fourth-order valence-electron chi connectivity index (χ4n) is 1.78. The van der Waals surface area contributed by atoms with Crippen molar-refractivity contribution in [3.8, 4) is 0 Å². The van der Waals surface area contributed by atoms with E-state index in [1.807, 2.05) is 26.2 Å². The summed E-state index contributed by atoms with van der Waals surface area (Å²) in [6, 6.07) is 3.24. The van der Waals surface area contributed by atoms with Crippen molar-refractivity contribution >= 4 is 11.7 Å². The lowest BCUT2D eigenvalue weighted by molar-refractivity contribution is -0.118. The van der Waals surface area contributed by atoms with Gasteiger partial charge in [0.15, 0.2) is 0 Å². The summed E-state index contributed by atoms with van der Waals surface area (Å²) in [4.78, 5) is 16.3. The van der Waals surface area contributed by atoms with Crippen molar-refractivity contribution in [1.29, 1.82) is 0 Å². The Morgan fingerprint density at radius 2 is 2.16 bits per heavy atom. The van der Waals surface area contributed by atoms with Crippen LogP contribution < -0.4 is 10.6 Å². The van der Waals surface area contributed by atoms with E-state index in [0.717, 1.165) is 11.1 Å². The van der Waals surface area contributed by atoms with E-state index in [-0.39, 0.29) is 5.91 Å². The number of amides is 1. The number of hydrogen-bond donors (Lipinski definition) is 2. The molecule has 0 aliphatic rings. The molecule has 0 aromatic carbocycles. The van der Waals surface area contributed by atoms with Gasteiger partial charge in [-0.25, -0.2) is 4.98 Å². The van der Waals surface area contributed by atoms with E-state index >= 15 is 0 Å². The van der Waals surface area contributed by atoms with Gasteiger partial charge in [0.2, 0.25) is 5.91 Å². The topological polar surface area (TPSA) is 71.8 Å². The molecule has 0 fully saturated rings. The molecule has 0 aliphatic heterocycles. The van der Waals surface area contributed by atoms with Crippen LogP contribution in [0.25, 0.3) is 0 Å². The molecule has 0 aliphatic carbocycles. The molecule has 2 aromatic rings. The lowest BCUT2D eigenvalue weighted by Crippen LogP contribution is -2.30. The second kappa shape index (κ2) is 5.62. The molecule has 2 rings (SSSR count). The van der Waals surface area contributed by atoms with Crippen molar-refractivity contribution in [3.63, 3.8) is 0 Å². The molecule has 1 amide bonds. The number of nitrogens with zero attached hydrogens (tertiary/aromatic N) is 3. The van der Waals surface area contributed by atoms with E-state index in [4.69, 9.17) is 0 Å². The number of nitrogens with one attached hydrogen (secondary N) is 2. The fourth-order valence-corrected chi connectivity index (χ4v) is 1.78. The van der Waals surface area contributed by atoms with Crippen LogP contribution in [0, 0.1) is 6.92 Å². The van der Waals surface area contributed by atoms with Gasteiger partial charge in [0.25, 0.3) is 0 Å². The van der Waals surface area contributed by atoms with Gasteiger partial charge in [-0.1, -0.05) is 6.07 Å². The van der Waals surface area contributed by atoms with Gasteiger partial charge >= 0.3 is 0 Å². The maximum atomic E-state index is 12.2. The number of carbonyl (C=O) groups is 1. The molecule has 0 spiro atoms. The number of hydrogen-bond acceptors (Lipinski definition) is 4. The Bertz CT molecular complexity index is 561. The van der Waals surface area contributed by atoms with Crippen molar-refractivity contribution < 1.29 is 4.79 Å². The third-order valence-electron chi connectivity index (χ3n) is 2.77. The Morgan fingerprint density at radius 3 is 2.68 bits per heavy atom. The lowest BCUT2D eigenvalue weighted by atomic mass is 10.1. The van der Waals surface area contributed by atoms with Crippen LogP contribution in [0.2, 0.25) is 0 Å². The Morgan fingerprint density at radius 1 is 1.37 bits per heavy atom. The van der Waals surface area contributed by atoms with E-state index in [9.17, 15) is 4.79 Å². The van der Waals surface area contributed by atoms with Gasteiger partial charge in [0.05, 0.1) is 6.20 Å². The zero-order valence-electron chi connectivity index (χ0n) is 11.2. The Balaban J connectivity index is 2.11. The predicted molar refractivity (Wildman–Crippen MR) is 72.6 cm³/mol. The Labute approximate surface area is 111 Å². The molecule has 0 radical (unpaired) electrons. The zero-order chi connectivity index (χ0) is 13.8. The third kappa shape index (κ3) is 3.17. The van der Waals surface area contributed by atoms with E-state index in [1.165, 1.54) is 0 Å². The summed E-state index contributed by atoms with van der Waals surface area (Å²) in [7, 11) is 3.55. The SMILES string of the molecule is CNC(C(=O)Nc1ccc(C)cn1)c1cnn(C)c1. The molecule has 2 aromatic heterocycles. The van der Waals surface area contributed by atoms with Gasteiger partial charge in [0, 0.05) is 25.0 Å². The van der Waals surface area contributed by atoms with Crippen molar-refractivity contribution in [3.05, 3.63) is 41.9 Å². The van der Waals surface area contributed by atoms with Crippen LogP contribution in [0.4, 0.5) is 5.82 Å². The van der Waals surface area contributed by atoms with Crippen LogP contribution in [0.5, 0.6) is 0 Å². The first-order valence-corrected chi connectivity index (χ1v) is 5.99. The minimum atomic E-state index is -0.447. The van der Waals surface area contributed by atoms with Crippen LogP contribution in [0.1, 0.15) is 17.2 Å². The van der Waals surface area contributed by atoms with Gasteiger partial charge in [-0.15, -0.1) is 0 Å². The van der Waals surface area contributed by atoms with Crippen LogP contribution in [0.15, 0.2) is 30.7 Å². The van der Waals surface area contributed by atoms with E-state index < -0.39 is 6.04 Å². The van der Waals surface area contributed by atoms with Gasteiger partial charge in [-0.2, -0.15) is 5.10 Å². The van der Waals surface area contributed by atoms with Crippen LogP contribution in [0.3, 0.4) is 0 Å². The third-order valence-corrected chi connectivity index (χ3v) is 2.77. The summed E-state index contributed by atoms with van der Waals surface area (Å²) >= 11 is 0. The maximum Gasteiger partial charge on any atom is 0.247 e. The molecule has 0 saturated carbocycles. The van der Waals surface area contributed by atoms with Gasteiger partial charge in [-0.3, -0.25) is 9.48 Å². The molecule has 100 valence electrons. The van der Waals surface area contributed by atoms with E-state index in [1.54, 1.807) is 30.2 Å². The Kier molecular flexibility index (Phi) is 3.91. The maximum absolute atomic E-state index is 12.2. The quantitative estimate of drug-likeness (QED) is 0.860. The van der Waals surface area contributed by atoms with Crippen LogP contribution in [-0.2, 0) is 11.8 Å². The van der Waals surface area contributed by atoms with Gasteiger partial charge < -0.3 is 10.6 Å². The number of aryl methyl sites for hydroxylation is 2. The van der Waals surface area contributed by atoms with Crippen molar-refractivity contribution in [2.24, 2.45) is 7.05 Å². The van der Waals surface area contributed by atoms with Crippen LogP contribution in [-0.4, -0.2) is 27.7 Å². The molecule has 1 atom stereocenters. The molecule has 6 heteroatoms. The predicted octanol–water partition coefficient (Wildman–Crippen LogP) is 1.02. The molecule has 0 bridgehead atoms. The first-order valence-electron chi connectivity index (χ1n) is 5.99. The summed E-state index contributed by atoms with van der Waals surface area (Å²) in [5.74, 6) is 0.381. The largest absolute Gasteiger partial charge is 0.309 e. The first-order chi connectivity index (χ1) is 9.10. The highest BCUT2D eigenvalue weighted by atomic mass is 16.2. The first kappa shape index (κ1) is 13.2. The van der Waals surface area contributed by atoms with Crippen molar-refractivity contribution in [2.75, 3.05) is 12.4 Å². The summed E-state index contributed by atoms with van der Waals surface area (Å²) < 4.78 is 1.66. The number of anilines is 1. The lowest BCUT2D eigenvalue weighted by Gasteiger charge is -2.14. The summed E-state index contributed by atoms with van der Waals surface area (Å²) in [6.07, 6.45) is 5.20. The zero-order valence-corrected chi connectivity index (χ0v) is 11.2. The van der Waals surface area contributed by atoms with Crippen LogP contribution >= 0.6 is 0 Å². The molecule has 19 heavy (non-hydrogen) atoms. The summed E-state index contributed by atoms with van der Waals surface area (Å²) in [5, 5.41) is 9.82. The second-order valence-corrected chi connectivity index (χ2v) is 4.38. The number of pyridine rings is 1. The number of aromatic nitrogens is 3. The van der Waals surface area contributed by atoms with Gasteiger partial charge in [0.1, 0.15) is 11.9 Å². The van der Waals surface area contributed by atoms with Crippen molar-refractivity contribution in [2.45, 2.75) is 13.0 Å². The summed E-state index contributed by atoms with van der Waals surface area (Å²) in [5.41, 5.74) is 1.87. The highest BCUT2D eigenvalue weighted by Crippen LogP contribution is 2.14. The molecule has 0 saturated heterocycles. The monoisotopic (exact) mass is 259 g/mol. The average Bonchev–Trinajstić information content (AvgIpc) is 2.80. The normalized spacial score (nSPS) is 12.2. The minimum absolute atomic E-state index is 0.160. The summed E-state index contributed by atoms with van der Waals surface area (Å²) in [6.45, 7) is 1.95. The molecular weight excluding hydrogens is 242 g/mol. The number of rotatable bonds is 4. The highest BCUT2D eigenvalue weighted by Gasteiger charge is 2.20. The smallest absolute Gasteiger partial charge is 0.247 e. The molecule has 2 N–H and O–H groups in total. The second-order valence-electron chi connectivity index (χ2n) is 4.38. The molecule has 1 unspecified atom stereocenters. The fraction of sp³-hybridized carbons (Fsp3) is 0.308. The van der Waals surface area contributed by atoms with Crippen molar-refractivity contribution in [1.82, 2.24) is 20.1 Å². The highest BCUT2D eigenvalue weighted by molar-refractivity contribution is 5.94. The number of likely N-dealkylation sites (N-methyl/N-ethyl adjacent to an activating group) is 1. The minimum Gasteiger partial charge on any atom is -0.309 e. The standard InChI is InChI=1S/C13H17N5O/c1-9-4-5-11(15-6-9)17-13(19)12(14-2)10-7-16-18(3)8-10/h4-8,12,14H,1-3H3,(H,15,17,19). The average molecular weight is 259 g/mol. The van der Waals surface area contributed by atoms with Gasteiger partial charge in [-0.05, 0) is 25.6 Å².